The van der Waals surface area contributed by atoms with Crippen LogP contribution in [0.25, 0.3) is 22.3 Å². The average Bonchev–Trinajstić information content (AvgIpc) is 2.68. The van der Waals surface area contributed by atoms with Crippen molar-refractivity contribution in [1.82, 2.24) is 4.90 Å². The Bertz CT molecular complexity index is 1080. The summed E-state index contributed by atoms with van der Waals surface area (Å²) in [6.45, 7) is 3.84. The van der Waals surface area contributed by atoms with Crippen molar-refractivity contribution in [3.05, 3.63) is 46.6 Å². The number of phenols is 2. The van der Waals surface area contributed by atoms with Crippen LogP contribution >= 0.6 is 0 Å². The van der Waals surface area contributed by atoms with Gasteiger partial charge in [0.1, 0.15) is 16.9 Å². The van der Waals surface area contributed by atoms with Crippen LogP contribution in [-0.2, 0) is 0 Å². The molecule has 2 aromatic carbocycles. The number of ether oxygens (including phenoxy) is 1. The second-order valence-electron chi connectivity index (χ2n) is 6.97. The molecule has 0 radical (unpaired) electrons. The lowest BCUT2D eigenvalue weighted by Gasteiger charge is -2.34. The van der Waals surface area contributed by atoms with Crippen LogP contribution in [0.3, 0.4) is 0 Å². The van der Waals surface area contributed by atoms with Gasteiger partial charge in [-0.25, -0.2) is 0 Å². The molecule has 7 nitrogen and oxygen atoms in total. The molecule has 0 atom stereocenters. The number of aromatic hydroxyl groups is 2. The highest BCUT2D eigenvalue weighted by atomic mass is 16.5. The normalized spacial score (nSPS) is 15.1. The van der Waals surface area contributed by atoms with Crippen molar-refractivity contribution in [2.45, 2.75) is 0 Å². The summed E-state index contributed by atoms with van der Waals surface area (Å²) in [6, 6.07) is 10.2. The van der Waals surface area contributed by atoms with Gasteiger partial charge in [-0.2, -0.15) is 0 Å². The zero-order valence-electron chi connectivity index (χ0n) is 15.8. The molecule has 1 aliphatic heterocycles. The fraction of sp³-hybridized carbons (Fsp3) is 0.286. The van der Waals surface area contributed by atoms with E-state index >= 15 is 0 Å². The summed E-state index contributed by atoms with van der Waals surface area (Å²) in [4.78, 5) is 17.2. The molecular formula is C21H22N2O5. The van der Waals surface area contributed by atoms with Crippen molar-refractivity contribution in [3.63, 3.8) is 0 Å². The zero-order chi connectivity index (χ0) is 19.8. The maximum atomic E-state index is 12.6. The number of phenolic OH excluding ortho intramolecular Hbond substituents is 2. The third-order valence-corrected chi connectivity index (χ3v) is 5.12. The fourth-order valence-corrected chi connectivity index (χ4v) is 3.54. The van der Waals surface area contributed by atoms with E-state index in [0.29, 0.717) is 5.76 Å². The summed E-state index contributed by atoms with van der Waals surface area (Å²) >= 11 is 0. The van der Waals surface area contributed by atoms with E-state index in [1.165, 1.54) is 13.2 Å². The molecule has 1 aliphatic rings. The van der Waals surface area contributed by atoms with Crippen LogP contribution in [0, 0.1) is 0 Å². The van der Waals surface area contributed by atoms with E-state index in [2.05, 4.69) is 16.8 Å². The van der Waals surface area contributed by atoms with Crippen LogP contribution in [0.1, 0.15) is 0 Å². The summed E-state index contributed by atoms with van der Waals surface area (Å²) < 4.78 is 11.1. The standard InChI is InChI=1S/C21H22N2O5/c1-22-6-8-23(9-7-22)14-5-3-4-13(10-14)18-12-16(25)19-15(24)11-17(26)20(27-2)21(19)28-18/h3-5,10-12,24,26H,6-9H2,1-2H3. The molecule has 0 bridgehead atoms. The Morgan fingerprint density at radius 3 is 2.50 bits per heavy atom. The first kappa shape index (κ1) is 18.2. The first-order chi connectivity index (χ1) is 13.5. The van der Waals surface area contributed by atoms with Gasteiger partial charge in [0.05, 0.1) is 7.11 Å². The van der Waals surface area contributed by atoms with Crippen molar-refractivity contribution >= 4 is 16.7 Å². The molecule has 0 saturated carbocycles. The maximum absolute atomic E-state index is 12.6. The van der Waals surface area contributed by atoms with Gasteiger partial charge in [0.2, 0.25) is 5.75 Å². The van der Waals surface area contributed by atoms with E-state index in [4.69, 9.17) is 9.15 Å². The van der Waals surface area contributed by atoms with Crippen molar-refractivity contribution in [1.29, 1.82) is 0 Å². The zero-order valence-corrected chi connectivity index (χ0v) is 15.8. The quantitative estimate of drug-likeness (QED) is 0.720. The Balaban J connectivity index is 1.82. The van der Waals surface area contributed by atoms with Crippen molar-refractivity contribution in [3.8, 4) is 28.6 Å². The number of nitrogens with zero attached hydrogens (tertiary/aromatic N) is 2. The Labute approximate surface area is 162 Å². The highest BCUT2D eigenvalue weighted by molar-refractivity contribution is 5.91. The number of hydrogen-bond acceptors (Lipinski definition) is 7. The molecule has 2 N–H and O–H groups in total. The molecule has 0 unspecified atom stereocenters. The van der Waals surface area contributed by atoms with Crippen molar-refractivity contribution in [2.75, 3.05) is 45.2 Å². The SMILES string of the molecule is COc1c(O)cc(O)c2c(=O)cc(-c3cccc(N4CCN(C)CC4)c3)oc12. The van der Waals surface area contributed by atoms with Gasteiger partial charge < -0.3 is 29.2 Å². The predicted molar refractivity (Wildman–Crippen MR) is 108 cm³/mol. The minimum absolute atomic E-state index is 0.0157. The monoisotopic (exact) mass is 382 g/mol. The van der Waals surface area contributed by atoms with Gasteiger partial charge >= 0.3 is 0 Å². The third kappa shape index (κ3) is 3.14. The number of likely N-dealkylation sites (N-methyl/N-ethyl adjacent to an activating group) is 1. The number of fused-ring (bicyclic) bond motifs is 1. The molecule has 7 heteroatoms. The molecule has 1 fully saturated rings. The Morgan fingerprint density at radius 2 is 1.79 bits per heavy atom. The van der Waals surface area contributed by atoms with Crippen LogP contribution in [0.15, 0.2) is 45.6 Å². The largest absolute Gasteiger partial charge is 0.507 e. The second kappa shape index (κ2) is 7.09. The first-order valence-electron chi connectivity index (χ1n) is 9.08. The van der Waals surface area contributed by atoms with Gasteiger partial charge in [0.25, 0.3) is 0 Å². The summed E-state index contributed by atoms with van der Waals surface area (Å²) in [6.07, 6.45) is 0. The third-order valence-electron chi connectivity index (χ3n) is 5.12. The molecule has 1 saturated heterocycles. The first-order valence-corrected chi connectivity index (χ1v) is 9.08. The maximum Gasteiger partial charge on any atom is 0.204 e. The number of rotatable bonds is 3. The predicted octanol–water partition coefficient (Wildman–Crippen LogP) is 2.63. The summed E-state index contributed by atoms with van der Waals surface area (Å²) in [5.74, 6) is -0.280. The molecule has 146 valence electrons. The fourth-order valence-electron chi connectivity index (χ4n) is 3.54. The number of anilines is 1. The summed E-state index contributed by atoms with van der Waals surface area (Å²) in [5, 5.41) is 20.1. The van der Waals surface area contributed by atoms with Gasteiger partial charge in [-0.05, 0) is 19.2 Å². The van der Waals surface area contributed by atoms with Gasteiger partial charge in [-0.3, -0.25) is 4.79 Å². The lowest BCUT2D eigenvalue weighted by molar-refractivity contribution is 0.313. The molecule has 0 amide bonds. The van der Waals surface area contributed by atoms with E-state index < -0.39 is 5.43 Å². The number of piperazine rings is 1. The minimum atomic E-state index is -0.406. The molecular weight excluding hydrogens is 360 g/mol. The second-order valence-corrected chi connectivity index (χ2v) is 6.97. The molecule has 1 aromatic heterocycles. The summed E-state index contributed by atoms with van der Waals surface area (Å²) in [5.41, 5.74) is 1.41. The van der Waals surface area contributed by atoms with E-state index in [0.717, 1.165) is 43.5 Å². The Kier molecular flexibility index (Phi) is 4.60. The highest BCUT2D eigenvalue weighted by Crippen LogP contribution is 2.40. The van der Waals surface area contributed by atoms with Gasteiger partial charge in [-0.1, -0.05) is 12.1 Å². The highest BCUT2D eigenvalue weighted by Gasteiger charge is 2.20. The topological polar surface area (TPSA) is 86.4 Å². The smallest absolute Gasteiger partial charge is 0.204 e. The lowest BCUT2D eigenvalue weighted by atomic mass is 10.1. The van der Waals surface area contributed by atoms with Gasteiger partial charge in [-0.15, -0.1) is 0 Å². The molecule has 2 heterocycles. The average molecular weight is 382 g/mol. The van der Waals surface area contributed by atoms with Crippen LogP contribution in [-0.4, -0.2) is 55.4 Å². The molecule has 3 aromatic rings. The molecule has 28 heavy (non-hydrogen) atoms. The lowest BCUT2D eigenvalue weighted by Crippen LogP contribution is -2.44. The molecule has 0 spiro atoms. The van der Waals surface area contributed by atoms with E-state index in [-0.39, 0.29) is 28.2 Å². The van der Waals surface area contributed by atoms with Crippen molar-refractivity contribution in [2.24, 2.45) is 0 Å². The Hall–Kier alpha value is -3.19. The summed E-state index contributed by atoms with van der Waals surface area (Å²) in [7, 11) is 3.47. The van der Waals surface area contributed by atoms with Crippen LogP contribution in [0.4, 0.5) is 5.69 Å². The van der Waals surface area contributed by atoms with Crippen LogP contribution in [0.2, 0.25) is 0 Å². The van der Waals surface area contributed by atoms with Crippen molar-refractivity contribution < 1.29 is 19.4 Å². The van der Waals surface area contributed by atoms with Crippen LogP contribution in [0.5, 0.6) is 17.2 Å². The Morgan fingerprint density at radius 1 is 1.04 bits per heavy atom. The number of methoxy groups -OCH3 is 1. The number of benzene rings is 2. The van der Waals surface area contributed by atoms with E-state index in [9.17, 15) is 15.0 Å². The van der Waals surface area contributed by atoms with Gasteiger partial charge in [0, 0.05) is 49.6 Å². The van der Waals surface area contributed by atoms with E-state index in [1.807, 2.05) is 24.3 Å². The minimum Gasteiger partial charge on any atom is -0.507 e. The van der Waals surface area contributed by atoms with E-state index in [1.54, 1.807) is 0 Å². The van der Waals surface area contributed by atoms with Gasteiger partial charge in [0.15, 0.2) is 16.8 Å². The number of hydrogen-bond donors (Lipinski definition) is 2. The van der Waals surface area contributed by atoms with Crippen LogP contribution < -0.4 is 15.1 Å². The molecule has 4 rings (SSSR count). The molecule has 0 aliphatic carbocycles.